The van der Waals surface area contributed by atoms with Crippen LogP contribution in [0.25, 0.3) is 0 Å². The number of aliphatic hydroxyl groups excluding tert-OH is 1. The monoisotopic (exact) mass is 273 g/mol. The third kappa shape index (κ3) is 2.80. The van der Waals surface area contributed by atoms with Gasteiger partial charge in [0, 0.05) is 24.5 Å². The number of nitrogens with zero attached hydrogens (tertiary/aromatic N) is 1. The molecule has 4 nitrogen and oxygen atoms in total. The fourth-order valence-corrected chi connectivity index (χ4v) is 2.41. The maximum Gasteiger partial charge on any atom is 0.321 e. The first kappa shape index (κ1) is 13.3. The molecule has 1 aromatic carbocycles. The van der Waals surface area contributed by atoms with E-state index < -0.39 is 23.9 Å². The lowest BCUT2D eigenvalue weighted by Crippen LogP contribution is -2.35. The summed E-state index contributed by atoms with van der Waals surface area (Å²) in [4.78, 5) is 12.7. The number of halogens is 2. The zero-order valence-corrected chi connectivity index (χ0v) is 10.3. The van der Waals surface area contributed by atoms with Gasteiger partial charge in [0.15, 0.2) is 0 Å². The molecule has 18 heavy (non-hydrogen) atoms. The smallest absolute Gasteiger partial charge is 0.321 e. The van der Waals surface area contributed by atoms with Gasteiger partial charge in [-0.1, -0.05) is 17.7 Å². The van der Waals surface area contributed by atoms with Crippen molar-refractivity contribution < 1.29 is 19.4 Å². The number of carboxylic acids is 1. The lowest BCUT2D eigenvalue weighted by molar-refractivity contribution is -0.142. The molecule has 98 valence electrons. The first-order chi connectivity index (χ1) is 8.47. The number of hydrogen-bond acceptors (Lipinski definition) is 3. The highest BCUT2D eigenvalue weighted by molar-refractivity contribution is 6.31. The molecule has 0 unspecified atom stereocenters. The summed E-state index contributed by atoms with van der Waals surface area (Å²) in [6.07, 6.45) is -0.445. The lowest BCUT2D eigenvalue weighted by Gasteiger charge is -2.21. The Balaban J connectivity index is 2.15. The average Bonchev–Trinajstić information content (AvgIpc) is 2.64. The van der Waals surface area contributed by atoms with Crippen LogP contribution in [-0.2, 0) is 11.3 Å². The minimum Gasteiger partial charge on any atom is -0.480 e. The molecule has 1 fully saturated rings. The maximum atomic E-state index is 12.9. The molecule has 2 N–H and O–H groups in total. The van der Waals surface area contributed by atoms with Crippen molar-refractivity contribution in [3.8, 4) is 0 Å². The molecular formula is C12H13ClFNO3. The molecule has 0 saturated carbocycles. The number of rotatable bonds is 3. The van der Waals surface area contributed by atoms with Gasteiger partial charge in [0.2, 0.25) is 0 Å². The molecule has 0 radical (unpaired) electrons. The van der Waals surface area contributed by atoms with Gasteiger partial charge in [-0.05, 0) is 17.7 Å². The Morgan fingerprint density at radius 3 is 2.89 bits per heavy atom. The van der Waals surface area contributed by atoms with Crippen LogP contribution in [0.5, 0.6) is 0 Å². The van der Waals surface area contributed by atoms with E-state index >= 15 is 0 Å². The highest BCUT2D eigenvalue weighted by Crippen LogP contribution is 2.24. The van der Waals surface area contributed by atoms with Crippen molar-refractivity contribution in [2.24, 2.45) is 0 Å². The van der Waals surface area contributed by atoms with E-state index in [1.807, 2.05) is 0 Å². The summed E-state index contributed by atoms with van der Waals surface area (Å²) < 4.78 is 12.9. The minimum atomic E-state index is -0.968. The van der Waals surface area contributed by atoms with E-state index in [1.165, 1.54) is 18.2 Å². The van der Waals surface area contributed by atoms with E-state index in [0.29, 0.717) is 5.56 Å². The number of aliphatic hydroxyl groups is 1. The van der Waals surface area contributed by atoms with E-state index in [1.54, 1.807) is 4.90 Å². The summed E-state index contributed by atoms with van der Waals surface area (Å²) in [5.41, 5.74) is 0.651. The predicted molar refractivity (Wildman–Crippen MR) is 63.9 cm³/mol. The summed E-state index contributed by atoms with van der Waals surface area (Å²) in [7, 11) is 0. The van der Waals surface area contributed by atoms with Crippen LogP contribution in [0, 0.1) is 5.82 Å². The van der Waals surface area contributed by atoms with Gasteiger partial charge in [0.25, 0.3) is 0 Å². The van der Waals surface area contributed by atoms with Gasteiger partial charge in [0.1, 0.15) is 11.9 Å². The molecular weight excluding hydrogens is 261 g/mol. The third-order valence-electron chi connectivity index (χ3n) is 3.05. The van der Waals surface area contributed by atoms with Gasteiger partial charge in [-0.2, -0.15) is 0 Å². The number of carboxylic acid groups (broad SMARTS) is 1. The van der Waals surface area contributed by atoms with E-state index in [2.05, 4.69) is 0 Å². The van der Waals surface area contributed by atoms with Crippen LogP contribution < -0.4 is 0 Å². The van der Waals surface area contributed by atoms with Crippen molar-refractivity contribution in [3.63, 3.8) is 0 Å². The molecule has 0 aliphatic carbocycles. The van der Waals surface area contributed by atoms with Crippen molar-refractivity contribution in [1.29, 1.82) is 0 Å². The Hall–Kier alpha value is -1.17. The van der Waals surface area contributed by atoms with Crippen molar-refractivity contribution in [2.75, 3.05) is 6.54 Å². The molecule has 1 aromatic rings. The van der Waals surface area contributed by atoms with Crippen LogP contribution in [0.1, 0.15) is 12.0 Å². The molecule has 1 heterocycles. The predicted octanol–water partition coefficient (Wildman–Crippen LogP) is 1.50. The van der Waals surface area contributed by atoms with E-state index in [0.717, 1.165) is 0 Å². The molecule has 2 atom stereocenters. The van der Waals surface area contributed by atoms with Crippen molar-refractivity contribution in [2.45, 2.75) is 25.1 Å². The van der Waals surface area contributed by atoms with Gasteiger partial charge in [-0.25, -0.2) is 4.39 Å². The first-order valence-electron chi connectivity index (χ1n) is 5.56. The fourth-order valence-electron chi connectivity index (χ4n) is 2.18. The van der Waals surface area contributed by atoms with Gasteiger partial charge in [-0.3, -0.25) is 9.69 Å². The average molecular weight is 274 g/mol. The number of hydrogen-bond donors (Lipinski definition) is 2. The number of aliphatic carboxylic acids is 1. The van der Waals surface area contributed by atoms with Gasteiger partial charge < -0.3 is 10.2 Å². The summed E-state index contributed by atoms with van der Waals surface area (Å²) in [6, 6.07) is 3.28. The second kappa shape index (κ2) is 5.22. The molecule has 0 bridgehead atoms. The molecule has 0 aromatic heterocycles. The van der Waals surface area contributed by atoms with Gasteiger partial charge in [-0.15, -0.1) is 0 Å². The Morgan fingerprint density at radius 1 is 1.56 bits per heavy atom. The van der Waals surface area contributed by atoms with Gasteiger partial charge in [0.05, 0.1) is 6.10 Å². The van der Waals surface area contributed by atoms with Crippen LogP contribution in [0.2, 0.25) is 5.02 Å². The second-order valence-electron chi connectivity index (χ2n) is 4.41. The Bertz CT molecular complexity index is 469. The van der Waals surface area contributed by atoms with E-state index in [9.17, 15) is 14.3 Å². The largest absolute Gasteiger partial charge is 0.480 e. The van der Waals surface area contributed by atoms with Crippen LogP contribution in [-0.4, -0.2) is 39.8 Å². The minimum absolute atomic E-state index is 0.203. The zero-order chi connectivity index (χ0) is 13.3. The standard InChI is InChI=1S/C12H13ClFNO3/c13-10-3-8(14)2-1-7(10)5-15-6-9(16)4-11(15)12(17)18/h1-3,9,11,16H,4-6H2,(H,17,18)/t9-,11+/m1/s1. The zero-order valence-electron chi connectivity index (χ0n) is 9.51. The topological polar surface area (TPSA) is 60.8 Å². The Morgan fingerprint density at radius 2 is 2.28 bits per heavy atom. The summed E-state index contributed by atoms with van der Waals surface area (Å²) in [5, 5.41) is 18.8. The Labute approximate surface area is 109 Å². The normalized spacial score (nSPS) is 24.4. The van der Waals surface area contributed by atoms with Crippen LogP contribution in [0.3, 0.4) is 0 Å². The Kier molecular flexibility index (Phi) is 3.85. The number of likely N-dealkylation sites (tertiary alicyclic amines) is 1. The molecule has 1 aliphatic rings. The van der Waals surface area contributed by atoms with Crippen LogP contribution in [0.15, 0.2) is 18.2 Å². The van der Waals surface area contributed by atoms with E-state index in [-0.39, 0.29) is 24.5 Å². The van der Waals surface area contributed by atoms with Gasteiger partial charge >= 0.3 is 5.97 Å². The van der Waals surface area contributed by atoms with Crippen molar-refractivity contribution in [1.82, 2.24) is 4.90 Å². The molecule has 6 heteroatoms. The fraction of sp³-hybridized carbons (Fsp3) is 0.417. The molecule has 1 saturated heterocycles. The van der Waals surface area contributed by atoms with Crippen LogP contribution >= 0.6 is 11.6 Å². The maximum absolute atomic E-state index is 12.9. The number of benzene rings is 1. The summed E-state index contributed by atoms with van der Waals surface area (Å²) in [6.45, 7) is 0.567. The first-order valence-corrected chi connectivity index (χ1v) is 5.94. The third-order valence-corrected chi connectivity index (χ3v) is 3.41. The number of β-amino-alcohol motifs (C(OH)–C–C–N with tert-alkyl or cyclic N) is 1. The van der Waals surface area contributed by atoms with Crippen LogP contribution in [0.4, 0.5) is 4.39 Å². The molecule has 0 amide bonds. The highest BCUT2D eigenvalue weighted by atomic mass is 35.5. The summed E-state index contributed by atoms with van der Waals surface area (Å²) in [5.74, 6) is -1.40. The SMILES string of the molecule is O=C(O)[C@@H]1C[C@@H](O)CN1Cc1ccc(F)cc1Cl. The highest BCUT2D eigenvalue weighted by Gasteiger charge is 2.35. The number of carbonyl (C=O) groups is 1. The molecule has 1 aliphatic heterocycles. The lowest BCUT2D eigenvalue weighted by atomic mass is 10.1. The molecule has 0 spiro atoms. The molecule has 2 rings (SSSR count). The quantitative estimate of drug-likeness (QED) is 0.876. The summed E-state index contributed by atoms with van der Waals surface area (Å²) >= 11 is 5.90. The van der Waals surface area contributed by atoms with E-state index in [4.69, 9.17) is 16.7 Å². The van der Waals surface area contributed by atoms with Crippen molar-refractivity contribution in [3.05, 3.63) is 34.6 Å². The second-order valence-corrected chi connectivity index (χ2v) is 4.82. The van der Waals surface area contributed by atoms with Crippen molar-refractivity contribution >= 4 is 17.6 Å².